The number of hydrogen-bond donors (Lipinski definition) is 1. The molecule has 132 valence electrons. The number of halogens is 2. The molecule has 0 aromatic carbocycles. The van der Waals surface area contributed by atoms with Crippen LogP contribution in [0.5, 0.6) is 0 Å². The second-order valence-electron chi connectivity index (χ2n) is 6.06. The van der Waals surface area contributed by atoms with Crippen LogP contribution >= 0.6 is 0 Å². The molecule has 3 heterocycles. The lowest BCUT2D eigenvalue weighted by Crippen LogP contribution is -2.39. The molecule has 0 radical (unpaired) electrons. The van der Waals surface area contributed by atoms with Gasteiger partial charge in [0.05, 0.1) is 18.2 Å². The molecule has 1 aliphatic rings. The summed E-state index contributed by atoms with van der Waals surface area (Å²) in [5.74, 6) is -1.66. The number of carbonyl (C=O) groups excluding carboxylic acids is 2. The van der Waals surface area contributed by atoms with Gasteiger partial charge in [0.15, 0.2) is 11.5 Å². The molecule has 0 bridgehead atoms. The summed E-state index contributed by atoms with van der Waals surface area (Å²) in [6.07, 6.45) is 0.797. The molecule has 6 nitrogen and oxygen atoms in total. The summed E-state index contributed by atoms with van der Waals surface area (Å²) in [7, 11) is 0. The van der Waals surface area contributed by atoms with Crippen molar-refractivity contribution in [3.63, 3.8) is 0 Å². The van der Waals surface area contributed by atoms with E-state index in [9.17, 15) is 18.4 Å². The summed E-state index contributed by atoms with van der Waals surface area (Å²) in [5.41, 5.74) is -0.445. The number of pyridine rings is 1. The van der Waals surface area contributed by atoms with Crippen LogP contribution in [0, 0.1) is 18.6 Å². The first kappa shape index (κ1) is 17.1. The van der Waals surface area contributed by atoms with Crippen molar-refractivity contribution < 1.29 is 22.8 Å². The van der Waals surface area contributed by atoms with Crippen LogP contribution in [-0.4, -0.2) is 40.8 Å². The number of likely N-dealkylation sites (tertiary alicyclic amines) is 1. The van der Waals surface area contributed by atoms with Crippen molar-refractivity contribution in [2.45, 2.75) is 25.8 Å². The second kappa shape index (κ2) is 6.62. The summed E-state index contributed by atoms with van der Waals surface area (Å²) >= 11 is 0. The third-order valence-electron chi connectivity index (χ3n) is 4.13. The zero-order valence-corrected chi connectivity index (χ0v) is 13.8. The van der Waals surface area contributed by atoms with Gasteiger partial charge in [-0.1, -0.05) is 0 Å². The molecule has 0 unspecified atom stereocenters. The number of amides is 2. The molecule has 3 rings (SSSR count). The molecule has 2 atom stereocenters. The molecule has 1 aliphatic heterocycles. The van der Waals surface area contributed by atoms with Gasteiger partial charge >= 0.3 is 0 Å². The summed E-state index contributed by atoms with van der Waals surface area (Å²) in [6.45, 7) is 3.60. The fourth-order valence-electron chi connectivity index (χ4n) is 3.04. The number of aryl methyl sites for hydroxylation is 1. The van der Waals surface area contributed by atoms with E-state index in [1.165, 1.54) is 11.8 Å². The molecular formula is C17H17F2N3O3. The molecule has 1 saturated heterocycles. The van der Waals surface area contributed by atoms with Crippen molar-refractivity contribution in [3.8, 4) is 0 Å². The number of aromatic nitrogens is 1. The fraction of sp³-hybridized carbons (Fsp3) is 0.353. The van der Waals surface area contributed by atoms with Crippen LogP contribution in [-0.2, 0) is 4.79 Å². The lowest BCUT2D eigenvalue weighted by Gasteiger charge is -2.16. The smallest absolute Gasteiger partial charge is 0.275 e. The Balaban J connectivity index is 1.85. The number of nitrogens with one attached hydrogen (secondary N) is 1. The van der Waals surface area contributed by atoms with Gasteiger partial charge in [-0.15, -0.1) is 0 Å². The quantitative estimate of drug-likeness (QED) is 0.920. The molecular weight excluding hydrogens is 332 g/mol. The average molecular weight is 349 g/mol. The monoisotopic (exact) mass is 349 g/mol. The molecule has 0 saturated carbocycles. The number of carbonyl (C=O) groups is 2. The number of nitrogens with zero attached hydrogens (tertiary/aromatic N) is 2. The molecule has 2 aromatic rings. The minimum Gasteiger partial charge on any atom is -0.466 e. The molecule has 25 heavy (non-hydrogen) atoms. The molecule has 0 spiro atoms. The lowest BCUT2D eigenvalue weighted by molar-refractivity contribution is -0.119. The van der Waals surface area contributed by atoms with Gasteiger partial charge in [0.2, 0.25) is 5.91 Å². The van der Waals surface area contributed by atoms with Crippen LogP contribution in [0.4, 0.5) is 8.78 Å². The highest BCUT2D eigenvalue weighted by Gasteiger charge is 2.39. The number of rotatable bonds is 3. The number of furan rings is 1. The van der Waals surface area contributed by atoms with E-state index in [4.69, 9.17) is 4.42 Å². The Morgan fingerprint density at radius 3 is 2.68 bits per heavy atom. The maximum absolute atomic E-state index is 13.8. The van der Waals surface area contributed by atoms with E-state index in [0.29, 0.717) is 17.6 Å². The van der Waals surface area contributed by atoms with Crippen LogP contribution in [0.2, 0.25) is 0 Å². The Morgan fingerprint density at radius 2 is 2.08 bits per heavy atom. The van der Waals surface area contributed by atoms with Crippen molar-refractivity contribution >= 4 is 11.8 Å². The van der Waals surface area contributed by atoms with Gasteiger partial charge in [-0.05, 0) is 19.1 Å². The first-order chi connectivity index (χ1) is 11.8. The van der Waals surface area contributed by atoms with Gasteiger partial charge in [0, 0.05) is 26.1 Å². The summed E-state index contributed by atoms with van der Waals surface area (Å²) in [6, 6.07) is 3.84. The highest BCUT2D eigenvalue weighted by Crippen LogP contribution is 2.30. The summed E-state index contributed by atoms with van der Waals surface area (Å²) in [4.78, 5) is 29.0. The predicted octanol–water partition coefficient (Wildman–Crippen LogP) is 2.01. The Kier molecular flexibility index (Phi) is 4.52. The van der Waals surface area contributed by atoms with E-state index in [1.807, 2.05) is 0 Å². The van der Waals surface area contributed by atoms with Gasteiger partial charge in [0.25, 0.3) is 5.91 Å². The summed E-state index contributed by atoms with van der Waals surface area (Å²) < 4.78 is 32.5. The van der Waals surface area contributed by atoms with Gasteiger partial charge in [0.1, 0.15) is 17.3 Å². The first-order valence-electron chi connectivity index (χ1n) is 7.79. The van der Waals surface area contributed by atoms with Crippen LogP contribution in [0.1, 0.15) is 34.9 Å². The Labute approximate surface area is 142 Å². The van der Waals surface area contributed by atoms with Crippen molar-refractivity contribution in [2.75, 3.05) is 13.1 Å². The lowest BCUT2D eigenvalue weighted by atomic mass is 10.0. The van der Waals surface area contributed by atoms with Gasteiger partial charge < -0.3 is 14.6 Å². The van der Waals surface area contributed by atoms with Gasteiger partial charge in [-0.2, -0.15) is 0 Å². The maximum Gasteiger partial charge on any atom is 0.275 e. The Hall–Kier alpha value is -2.77. The third-order valence-corrected chi connectivity index (χ3v) is 4.13. The molecule has 0 aliphatic carbocycles. The van der Waals surface area contributed by atoms with Crippen molar-refractivity contribution in [1.82, 2.24) is 15.2 Å². The zero-order valence-electron chi connectivity index (χ0n) is 13.8. The van der Waals surface area contributed by atoms with E-state index < -0.39 is 23.2 Å². The zero-order chi connectivity index (χ0) is 18.1. The summed E-state index contributed by atoms with van der Waals surface area (Å²) in [5, 5.41) is 2.79. The minimum atomic E-state index is -1.02. The number of hydrogen-bond acceptors (Lipinski definition) is 4. The molecule has 2 aromatic heterocycles. The van der Waals surface area contributed by atoms with E-state index in [1.54, 1.807) is 19.1 Å². The van der Waals surface area contributed by atoms with E-state index >= 15 is 0 Å². The van der Waals surface area contributed by atoms with Gasteiger partial charge in [-0.25, -0.2) is 13.8 Å². The normalized spacial score (nSPS) is 19.9. The Bertz CT molecular complexity index is 821. The van der Waals surface area contributed by atoms with Crippen LogP contribution in [0.3, 0.4) is 0 Å². The first-order valence-corrected chi connectivity index (χ1v) is 7.79. The second-order valence-corrected chi connectivity index (χ2v) is 6.06. The molecule has 2 amide bonds. The fourth-order valence-corrected chi connectivity index (χ4v) is 3.04. The van der Waals surface area contributed by atoms with Crippen LogP contribution in [0.15, 0.2) is 28.8 Å². The topological polar surface area (TPSA) is 75.4 Å². The van der Waals surface area contributed by atoms with Gasteiger partial charge in [-0.3, -0.25) is 9.59 Å². The van der Waals surface area contributed by atoms with Crippen LogP contribution in [0.25, 0.3) is 0 Å². The van der Waals surface area contributed by atoms with E-state index in [2.05, 4.69) is 10.3 Å². The minimum absolute atomic E-state index is 0.182. The van der Waals surface area contributed by atoms with Crippen LogP contribution < -0.4 is 5.32 Å². The van der Waals surface area contributed by atoms with E-state index in [-0.39, 0.29) is 31.0 Å². The maximum atomic E-state index is 13.8. The predicted molar refractivity (Wildman–Crippen MR) is 83.8 cm³/mol. The standard InChI is InChI=1S/C17H17F2N3O3/c1-9-3-4-15(25-9)12-7-22(8-14(12)21-10(2)23)17(24)16-13(19)5-11(18)6-20-16/h3-6,12,14H,7-8H2,1-2H3,(H,21,23)/t12-,14-/m1/s1. The highest BCUT2D eigenvalue weighted by molar-refractivity contribution is 5.93. The van der Waals surface area contributed by atoms with Crippen molar-refractivity contribution in [3.05, 3.63) is 53.2 Å². The van der Waals surface area contributed by atoms with E-state index in [0.717, 1.165) is 6.20 Å². The largest absolute Gasteiger partial charge is 0.466 e. The molecule has 1 N–H and O–H groups in total. The third kappa shape index (κ3) is 3.52. The highest BCUT2D eigenvalue weighted by atomic mass is 19.1. The Morgan fingerprint density at radius 1 is 1.32 bits per heavy atom. The molecule has 8 heteroatoms. The SMILES string of the molecule is CC(=O)N[C@@H]1CN(C(=O)c2ncc(F)cc2F)C[C@H]1c1ccc(C)o1. The van der Waals surface area contributed by atoms with Crippen molar-refractivity contribution in [1.29, 1.82) is 0 Å². The molecule has 1 fully saturated rings. The van der Waals surface area contributed by atoms with Crippen molar-refractivity contribution in [2.24, 2.45) is 0 Å². The average Bonchev–Trinajstić information content (AvgIpc) is 3.12.